The molecule has 6 heteroatoms. The van der Waals surface area contributed by atoms with E-state index in [1.54, 1.807) is 0 Å². The SMILES string of the molecule is CN=C(NCCCSc1ccccc1)NCC1(C)CCCO1.I. The van der Waals surface area contributed by atoms with Gasteiger partial charge in [-0.05, 0) is 44.1 Å². The van der Waals surface area contributed by atoms with Crippen molar-refractivity contribution in [1.82, 2.24) is 10.6 Å². The minimum atomic E-state index is -0.0409. The van der Waals surface area contributed by atoms with Gasteiger partial charge in [0.15, 0.2) is 5.96 Å². The molecule has 1 heterocycles. The fourth-order valence-corrected chi connectivity index (χ4v) is 3.33. The average Bonchev–Trinajstić information content (AvgIpc) is 2.98. The van der Waals surface area contributed by atoms with Gasteiger partial charge in [0.05, 0.1) is 5.60 Å². The normalized spacial score (nSPS) is 20.9. The van der Waals surface area contributed by atoms with E-state index in [0.717, 1.165) is 50.7 Å². The first kappa shape index (κ1) is 20.6. The van der Waals surface area contributed by atoms with Crippen LogP contribution in [0.15, 0.2) is 40.2 Å². The third-order valence-electron chi connectivity index (χ3n) is 3.78. The van der Waals surface area contributed by atoms with E-state index in [-0.39, 0.29) is 29.6 Å². The lowest BCUT2D eigenvalue weighted by molar-refractivity contribution is 0.0243. The first-order chi connectivity index (χ1) is 10.7. The molecule has 1 fully saturated rings. The Morgan fingerprint density at radius 3 is 2.74 bits per heavy atom. The maximum atomic E-state index is 5.78. The fraction of sp³-hybridized carbons (Fsp3) is 0.588. The molecule has 2 rings (SSSR count). The topological polar surface area (TPSA) is 45.7 Å². The Morgan fingerprint density at radius 2 is 2.09 bits per heavy atom. The Hall–Kier alpha value is -0.470. The van der Waals surface area contributed by atoms with Crippen LogP contribution in [0.2, 0.25) is 0 Å². The quantitative estimate of drug-likeness (QED) is 0.220. The predicted octanol–water partition coefficient (Wildman–Crippen LogP) is 3.52. The van der Waals surface area contributed by atoms with Crippen molar-refractivity contribution in [3.05, 3.63) is 30.3 Å². The lowest BCUT2D eigenvalue weighted by atomic mass is 10.0. The molecule has 1 aliphatic heterocycles. The number of hydrogen-bond donors (Lipinski definition) is 2. The number of ether oxygens (including phenoxy) is 1. The minimum absolute atomic E-state index is 0. The molecule has 130 valence electrons. The van der Waals surface area contributed by atoms with Gasteiger partial charge < -0.3 is 15.4 Å². The molecular formula is C17H28IN3OS. The first-order valence-corrected chi connectivity index (χ1v) is 8.97. The monoisotopic (exact) mass is 449 g/mol. The van der Waals surface area contributed by atoms with Gasteiger partial charge in [-0.2, -0.15) is 0 Å². The van der Waals surface area contributed by atoms with Crippen LogP contribution in [0.3, 0.4) is 0 Å². The second kappa shape index (κ2) is 11.1. The second-order valence-corrected chi connectivity index (χ2v) is 6.94. The van der Waals surface area contributed by atoms with E-state index in [1.807, 2.05) is 18.8 Å². The van der Waals surface area contributed by atoms with Crippen molar-refractivity contribution in [3.8, 4) is 0 Å². The summed E-state index contributed by atoms with van der Waals surface area (Å²) in [4.78, 5) is 5.60. The van der Waals surface area contributed by atoms with Crippen LogP contribution in [0.1, 0.15) is 26.2 Å². The van der Waals surface area contributed by atoms with Crippen molar-refractivity contribution < 1.29 is 4.74 Å². The van der Waals surface area contributed by atoms with E-state index in [0.29, 0.717) is 0 Å². The van der Waals surface area contributed by atoms with Gasteiger partial charge in [0, 0.05) is 31.6 Å². The van der Waals surface area contributed by atoms with Gasteiger partial charge in [0.1, 0.15) is 0 Å². The Balaban J connectivity index is 0.00000264. The second-order valence-electron chi connectivity index (χ2n) is 5.77. The molecule has 0 aliphatic carbocycles. The summed E-state index contributed by atoms with van der Waals surface area (Å²) >= 11 is 1.89. The first-order valence-electron chi connectivity index (χ1n) is 7.98. The van der Waals surface area contributed by atoms with E-state index in [4.69, 9.17) is 4.74 Å². The molecule has 1 aromatic carbocycles. The summed E-state index contributed by atoms with van der Waals surface area (Å²) in [5.41, 5.74) is -0.0409. The number of benzene rings is 1. The molecule has 23 heavy (non-hydrogen) atoms. The summed E-state index contributed by atoms with van der Waals surface area (Å²) < 4.78 is 5.78. The standard InChI is InChI=1S/C17H27N3OS.HI/c1-17(10-6-12-21-17)14-20-16(18-2)19-11-7-13-22-15-8-4-3-5-9-15;/h3-5,8-9H,6-7,10-14H2,1-2H3,(H2,18,19,20);1H. The summed E-state index contributed by atoms with van der Waals surface area (Å²) in [6.07, 6.45) is 3.37. The highest BCUT2D eigenvalue weighted by atomic mass is 127. The average molecular weight is 449 g/mol. The molecule has 2 N–H and O–H groups in total. The molecule has 0 spiro atoms. The Kier molecular flexibility index (Phi) is 9.97. The minimum Gasteiger partial charge on any atom is -0.373 e. The lowest BCUT2D eigenvalue weighted by Gasteiger charge is -2.24. The zero-order chi connectivity index (χ0) is 15.7. The Bertz CT molecular complexity index is 464. The molecule has 4 nitrogen and oxygen atoms in total. The van der Waals surface area contributed by atoms with E-state index >= 15 is 0 Å². The highest BCUT2D eigenvalue weighted by molar-refractivity contribution is 14.0. The molecule has 1 aliphatic rings. The molecule has 0 aromatic heterocycles. The summed E-state index contributed by atoms with van der Waals surface area (Å²) in [7, 11) is 1.81. The van der Waals surface area contributed by atoms with Gasteiger partial charge >= 0.3 is 0 Å². The summed E-state index contributed by atoms with van der Waals surface area (Å²) in [6.45, 7) is 4.78. The van der Waals surface area contributed by atoms with Crippen molar-refractivity contribution in [3.63, 3.8) is 0 Å². The third-order valence-corrected chi connectivity index (χ3v) is 4.88. The molecule has 0 radical (unpaired) electrons. The van der Waals surface area contributed by atoms with Crippen molar-refractivity contribution >= 4 is 41.7 Å². The number of thioether (sulfide) groups is 1. The summed E-state index contributed by atoms with van der Waals surface area (Å²) in [6, 6.07) is 10.5. The number of rotatable bonds is 7. The van der Waals surface area contributed by atoms with Crippen LogP contribution in [0.4, 0.5) is 0 Å². The highest BCUT2D eigenvalue weighted by Gasteiger charge is 2.29. The highest BCUT2D eigenvalue weighted by Crippen LogP contribution is 2.23. The summed E-state index contributed by atoms with van der Waals surface area (Å²) in [5, 5.41) is 6.73. The molecule has 0 amide bonds. The van der Waals surface area contributed by atoms with E-state index in [2.05, 4.69) is 52.9 Å². The zero-order valence-electron chi connectivity index (χ0n) is 14.0. The third kappa shape index (κ3) is 7.76. The fourth-order valence-electron chi connectivity index (χ4n) is 2.45. The molecule has 0 bridgehead atoms. The van der Waals surface area contributed by atoms with E-state index in [9.17, 15) is 0 Å². The molecule has 0 saturated carbocycles. The number of aliphatic imine (C=N–C) groups is 1. The van der Waals surface area contributed by atoms with Crippen LogP contribution in [0, 0.1) is 0 Å². The Morgan fingerprint density at radius 1 is 1.30 bits per heavy atom. The maximum absolute atomic E-state index is 5.78. The molecule has 1 saturated heterocycles. The van der Waals surface area contributed by atoms with Crippen LogP contribution in [-0.4, -0.2) is 44.1 Å². The smallest absolute Gasteiger partial charge is 0.191 e. The van der Waals surface area contributed by atoms with Crippen molar-refractivity contribution in [2.24, 2.45) is 4.99 Å². The molecular weight excluding hydrogens is 421 g/mol. The summed E-state index contributed by atoms with van der Waals surface area (Å²) in [5.74, 6) is 1.97. The van der Waals surface area contributed by atoms with Crippen LogP contribution >= 0.6 is 35.7 Å². The van der Waals surface area contributed by atoms with Gasteiger partial charge in [-0.3, -0.25) is 4.99 Å². The lowest BCUT2D eigenvalue weighted by Crippen LogP contribution is -2.45. The predicted molar refractivity (Wildman–Crippen MR) is 110 cm³/mol. The van der Waals surface area contributed by atoms with Crippen LogP contribution in [0.5, 0.6) is 0 Å². The van der Waals surface area contributed by atoms with Gasteiger partial charge in [0.2, 0.25) is 0 Å². The number of halogens is 1. The number of guanidine groups is 1. The van der Waals surface area contributed by atoms with E-state index < -0.39 is 0 Å². The van der Waals surface area contributed by atoms with E-state index in [1.165, 1.54) is 4.90 Å². The van der Waals surface area contributed by atoms with Crippen molar-refractivity contribution in [1.29, 1.82) is 0 Å². The number of hydrogen-bond acceptors (Lipinski definition) is 3. The van der Waals surface area contributed by atoms with Crippen LogP contribution in [-0.2, 0) is 4.74 Å². The Labute approximate surface area is 161 Å². The number of nitrogens with zero attached hydrogens (tertiary/aromatic N) is 1. The van der Waals surface area contributed by atoms with Gasteiger partial charge in [-0.25, -0.2) is 0 Å². The van der Waals surface area contributed by atoms with Gasteiger partial charge in [-0.1, -0.05) is 18.2 Å². The maximum Gasteiger partial charge on any atom is 0.191 e. The molecule has 1 atom stereocenters. The molecule has 1 unspecified atom stereocenters. The van der Waals surface area contributed by atoms with Crippen LogP contribution < -0.4 is 10.6 Å². The molecule has 1 aromatic rings. The van der Waals surface area contributed by atoms with Crippen molar-refractivity contribution in [2.75, 3.05) is 32.5 Å². The van der Waals surface area contributed by atoms with Gasteiger partial charge in [0.25, 0.3) is 0 Å². The van der Waals surface area contributed by atoms with Crippen LogP contribution in [0.25, 0.3) is 0 Å². The van der Waals surface area contributed by atoms with Gasteiger partial charge in [-0.15, -0.1) is 35.7 Å². The zero-order valence-corrected chi connectivity index (χ0v) is 17.2. The van der Waals surface area contributed by atoms with Crippen molar-refractivity contribution in [2.45, 2.75) is 36.7 Å². The largest absolute Gasteiger partial charge is 0.373 e. The number of nitrogens with one attached hydrogen (secondary N) is 2.